The Morgan fingerprint density at radius 3 is 1.03 bits per heavy atom. The zero-order valence-corrected chi connectivity index (χ0v) is 39.2. The predicted octanol–water partition coefficient (Wildman–Crippen LogP) is 7.29. The fraction of sp³-hybridized carbons (Fsp3) is 0.545. The second-order valence-corrected chi connectivity index (χ2v) is 19.0. The predicted molar refractivity (Wildman–Crippen MR) is 228 cm³/mol. The number of ketones is 4. The van der Waals surface area contributed by atoms with E-state index >= 15 is 0 Å². The van der Waals surface area contributed by atoms with E-state index in [-0.39, 0.29) is 23.1 Å². The van der Waals surface area contributed by atoms with Crippen LogP contribution in [0, 0.1) is 0 Å². The molecule has 6 rings (SSSR count). The lowest BCUT2D eigenvalue weighted by molar-refractivity contribution is -0.757. The Hall–Kier alpha value is -5.20. The Morgan fingerprint density at radius 1 is 0.471 bits per heavy atom. The molecule has 2 aliphatic rings. The second kappa shape index (κ2) is 24.4. The summed E-state index contributed by atoms with van der Waals surface area (Å²) in [6, 6.07) is 14.1. The molecule has 2 aromatic heterocycles. The second-order valence-electron chi connectivity index (χ2n) is 16.2. The third kappa shape index (κ3) is 14.2. The van der Waals surface area contributed by atoms with Crippen molar-refractivity contribution >= 4 is 43.4 Å². The third-order valence-corrected chi connectivity index (χ3v) is 12.2. The number of carbonyl (C=O) groups is 4. The maximum atomic E-state index is 13.7. The van der Waals surface area contributed by atoms with Crippen LogP contribution in [0.1, 0.15) is 181 Å². The van der Waals surface area contributed by atoms with Gasteiger partial charge < -0.3 is 9.11 Å². The van der Waals surface area contributed by atoms with E-state index in [0.29, 0.717) is 71.2 Å². The molecule has 0 atom stereocenters. The summed E-state index contributed by atoms with van der Waals surface area (Å²) < 4.78 is 125. The molecular formula is C44H54F6N6O10S2. The highest BCUT2D eigenvalue weighted by molar-refractivity contribution is 7.86. The van der Waals surface area contributed by atoms with E-state index in [9.17, 15) is 45.5 Å². The van der Waals surface area contributed by atoms with Crippen LogP contribution in [0.5, 0.6) is 0 Å². The number of benzene rings is 2. The van der Waals surface area contributed by atoms with Gasteiger partial charge in [0.2, 0.25) is 45.9 Å². The average molecular weight is 1010 g/mol. The number of rotatable bonds is 21. The number of hydrogen-bond donors (Lipinski definition) is 0. The van der Waals surface area contributed by atoms with Crippen molar-refractivity contribution in [2.75, 3.05) is 0 Å². The van der Waals surface area contributed by atoms with Crippen molar-refractivity contribution in [1.29, 1.82) is 0 Å². The van der Waals surface area contributed by atoms with Gasteiger partial charge in [0.15, 0.2) is 20.2 Å². The molecule has 0 fully saturated rings. The van der Waals surface area contributed by atoms with Gasteiger partial charge in [-0.15, -0.1) is 18.7 Å². The lowest BCUT2D eigenvalue weighted by Crippen LogP contribution is -2.43. The van der Waals surface area contributed by atoms with E-state index in [0.717, 1.165) is 64.2 Å². The zero-order chi connectivity index (χ0) is 50.5. The zero-order valence-electron chi connectivity index (χ0n) is 37.6. The molecule has 374 valence electrons. The van der Waals surface area contributed by atoms with Crippen LogP contribution in [-0.4, -0.2) is 79.9 Å². The quantitative estimate of drug-likeness (QED) is 0.0228. The lowest BCUT2D eigenvalue weighted by Gasteiger charge is -2.11. The van der Waals surface area contributed by atoms with Crippen molar-refractivity contribution in [2.24, 2.45) is 0 Å². The molecule has 16 nitrogen and oxygen atoms in total. The van der Waals surface area contributed by atoms with Gasteiger partial charge in [-0.2, -0.15) is 26.3 Å². The van der Waals surface area contributed by atoms with Crippen molar-refractivity contribution in [3.8, 4) is 0 Å². The average Bonchev–Trinajstić information content (AvgIpc) is 3.83. The van der Waals surface area contributed by atoms with Gasteiger partial charge in [-0.1, -0.05) is 114 Å². The molecule has 0 saturated heterocycles. The molecule has 0 amide bonds. The van der Waals surface area contributed by atoms with Crippen molar-refractivity contribution in [3.05, 3.63) is 93.6 Å². The molecule has 0 unspecified atom stereocenters. The molecule has 2 aliphatic carbocycles. The highest BCUT2D eigenvalue weighted by atomic mass is 32.2. The fourth-order valence-corrected chi connectivity index (χ4v) is 7.68. The van der Waals surface area contributed by atoms with Crippen LogP contribution in [0.3, 0.4) is 0 Å². The molecule has 0 spiro atoms. The van der Waals surface area contributed by atoms with Gasteiger partial charge in [-0.3, -0.25) is 19.2 Å². The van der Waals surface area contributed by atoms with E-state index in [2.05, 4.69) is 13.8 Å². The van der Waals surface area contributed by atoms with Crippen LogP contribution >= 0.6 is 0 Å². The summed E-state index contributed by atoms with van der Waals surface area (Å²) in [6.45, 7) is 6.71. The minimum atomic E-state index is -6.09. The lowest BCUT2D eigenvalue weighted by atomic mass is 9.89. The molecule has 0 radical (unpaired) electrons. The highest BCUT2D eigenvalue weighted by Crippen LogP contribution is 2.28. The Balaban J connectivity index is 0.000000539. The molecule has 4 aromatic rings. The first kappa shape index (κ1) is 55.4. The molecule has 0 aliphatic heterocycles. The Kier molecular flexibility index (Phi) is 19.9. The maximum absolute atomic E-state index is 13.7. The van der Waals surface area contributed by atoms with Gasteiger partial charge in [0.05, 0.1) is 10.4 Å². The topological polar surface area (TPSA) is 226 Å². The number of hydrogen-bond acceptors (Lipinski definition) is 12. The molecule has 0 bridgehead atoms. The number of carbonyl (C=O) groups excluding carboxylic acids is 4. The molecule has 0 saturated carbocycles. The number of fused-ring (bicyclic) bond motifs is 4. The standard InChI is InChI=1S/C42H54N6O4.2CHF3O3S/c1-3-5-7-9-11-19-27-45-35-37(41(51)33-25-17-15-23-31(33)39(35)49)47(43-45)29-21-13-14-22-30-48-38-36(46(44-48)28-20-12-10-8-6-4-2)40(50)32-24-16-18-26-34(32)42(38)52;2*2-1(3,4)8(5,6)7/h15-18,23-26H,3-14,19-22,27-30H2,1-2H3;2*(H,5,6,7)/q+2;;/p-2. The first-order valence-electron chi connectivity index (χ1n) is 22.4. The van der Waals surface area contributed by atoms with Gasteiger partial charge in [-0.05, 0) is 51.4 Å². The van der Waals surface area contributed by atoms with Gasteiger partial charge in [-0.25, -0.2) is 16.8 Å². The van der Waals surface area contributed by atoms with Gasteiger partial charge in [0.25, 0.3) is 0 Å². The Morgan fingerprint density at radius 2 is 0.735 bits per heavy atom. The van der Waals surface area contributed by atoms with Gasteiger partial charge in [0, 0.05) is 22.3 Å². The van der Waals surface area contributed by atoms with Gasteiger partial charge >= 0.3 is 11.0 Å². The SMILES string of the molecule is CCCCCCCC[n+]1nn(CCCCCCn2n[n+](CCCCCCCC)c3c2C(=O)c2ccccc2C3=O)c2c1C(=O)c1ccccc1C2=O.O=S(=O)([O-])C(F)(F)F.O=S(=O)([O-])C(F)(F)F. The highest BCUT2D eigenvalue weighted by Gasteiger charge is 2.44. The van der Waals surface area contributed by atoms with E-state index in [1.165, 1.54) is 38.5 Å². The van der Waals surface area contributed by atoms with E-state index in [1.807, 2.05) is 0 Å². The normalized spacial score (nSPS) is 13.5. The fourth-order valence-electron chi connectivity index (χ4n) is 7.68. The Bertz CT molecular complexity index is 2470. The summed E-state index contributed by atoms with van der Waals surface area (Å²) in [5, 5.41) is 9.62. The maximum Gasteiger partial charge on any atom is 0.485 e. The van der Waals surface area contributed by atoms with E-state index < -0.39 is 31.3 Å². The van der Waals surface area contributed by atoms with Crippen molar-refractivity contribution in [1.82, 2.24) is 19.8 Å². The molecular weight excluding hydrogens is 951 g/mol. The summed E-state index contributed by atoms with van der Waals surface area (Å²) >= 11 is 0. The summed E-state index contributed by atoms with van der Waals surface area (Å²) in [5.74, 6) is -0.542. The number of unbranched alkanes of at least 4 members (excludes halogenated alkanes) is 13. The summed E-state index contributed by atoms with van der Waals surface area (Å²) in [5.41, 5.74) is -7.87. The summed E-state index contributed by atoms with van der Waals surface area (Å²) in [7, 11) is -12.2. The van der Waals surface area contributed by atoms with Crippen LogP contribution in [0.2, 0.25) is 0 Å². The minimum Gasteiger partial charge on any atom is -0.741 e. The summed E-state index contributed by atoms with van der Waals surface area (Å²) in [4.78, 5) is 54.7. The van der Waals surface area contributed by atoms with Crippen LogP contribution in [0.15, 0.2) is 48.5 Å². The smallest absolute Gasteiger partial charge is 0.485 e. The van der Waals surface area contributed by atoms with E-state index in [1.54, 1.807) is 67.3 Å². The van der Waals surface area contributed by atoms with Crippen molar-refractivity contribution < 1.29 is 80.8 Å². The minimum absolute atomic E-state index is 0.130. The third-order valence-electron chi connectivity index (χ3n) is 11.1. The van der Waals surface area contributed by atoms with Crippen molar-refractivity contribution in [3.63, 3.8) is 0 Å². The first-order chi connectivity index (χ1) is 32.0. The molecule has 2 aromatic carbocycles. The van der Waals surface area contributed by atoms with Crippen molar-refractivity contribution in [2.45, 2.75) is 154 Å². The number of nitrogens with zero attached hydrogens (tertiary/aromatic N) is 6. The molecule has 2 heterocycles. The van der Waals surface area contributed by atoms with Crippen LogP contribution in [0.4, 0.5) is 26.3 Å². The number of aryl methyl sites for hydroxylation is 4. The number of aromatic nitrogens is 6. The number of halogens is 6. The summed E-state index contributed by atoms with van der Waals surface area (Å²) in [6.07, 6.45) is 16.9. The monoisotopic (exact) mass is 1000 g/mol. The van der Waals surface area contributed by atoms with E-state index in [4.69, 9.17) is 36.4 Å². The van der Waals surface area contributed by atoms with Gasteiger partial charge in [0.1, 0.15) is 26.2 Å². The van der Waals surface area contributed by atoms with Crippen LogP contribution in [-0.2, 0) is 46.4 Å². The number of alkyl halides is 6. The largest absolute Gasteiger partial charge is 0.741 e. The molecule has 24 heteroatoms. The molecule has 68 heavy (non-hydrogen) atoms. The van der Waals surface area contributed by atoms with Crippen LogP contribution < -0.4 is 9.36 Å². The Labute approximate surface area is 390 Å². The first-order valence-corrected chi connectivity index (χ1v) is 25.2. The molecule has 0 N–H and O–H groups in total. The van der Waals surface area contributed by atoms with Crippen LogP contribution in [0.25, 0.3) is 0 Å².